The first-order chi connectivity index (χ1) is 33.6. The van der Waals surface area contributed by atoms with Gasteiger partial charge >= 0.3 is 0 Å². The van der Waals surface area contributed by atoms with E-state index in [2.05, 4.69) is 224 Å². The van der Waals surface area contributed by atoms with Crippen LogP contribution in [-0.4, -0.2) is 0 Å². The fourth-order valence-electron chi connectivity index (χ4n) is 11.4. The van der Waals surface area contributed by atoms with Crippen molar-refractivity contribution in [1.29, 1.82) is 0 Å². The summed E-state index contributed by atoms with van der Waals surface area (Å²) >= 11 is 3.62. The van der Waals surface area contributed by atoms with Gasteiger partial charge in [-0.15, -0.1) is 0 Å². The molecule has 4 aliphatic rings. The van der Waals surface area contributed by atoms with E-state index in [0.717, 1.165) is 53.9 Å². The first-order valence-electron chi connectivity index (χ1n) is 24.9. The summed E-state index contributed by atoms with van der Waals surface area (Å²) in [5.41, 5.74) is 21.3. The molecule has 0 radical (unpaired) electrons. The molecule has 0 N–H and O–H groups in total. The molecule has 7 aromatic carbocycles. The molecular formula is C63H62N4S2. The van der Waals surface area contributed by atoms with Crippen molar-refractivity contribution in [3.8, 4) is 0 Å². The molecule has 4 nitrogen and oxygen atoms in total. The Hall–Kier alpha value is -6.34. The van der Waals surface area contributed by atoms with Gasteiger partial charge in [0, 0.05) is 50.1 Å². The second-order valence-electron chi connectivity index (χ2n) is 19.9. The predicted molar refractivity (Wildman–Crippen MR) is 300 cm³/mol. The maximum absolute atomic E-state index is 4.75. The van der Waals surface area contributed by atoms with E-state index in [1.165, 1.54) is 102 Å². The molecule has 7 aromatic rings. The molecule has 11 rings (SSSR count). The molecule has 0 fully saturated rings. The van der Waals surface area contributed by atoms with Gasteiger partial charge in [-0.25, -0.2) is 0 Å². The Kier molecular flexibility index (Phi) is 12.1. The fraction of sp³-hybridized carbons (Fsp3) is 0.238. The third-order valence-corrected chi connectivity index (χ3v) is 17.1. The van der Waals surface area contributed by atoms with Crippen molar-refractivity contribution >= 4 is 79.8 Å². The second-order valence-corrected chi connectivity index (χ2v) is 22.2. The number of nitrogens with zero attached hydrogens (tertiary/aromatic N) is 4. The number of anilines is 9. The van der Waals surface area contributed by atoms with Gasteiger partial charge in [-0.1, -0.05) is 130 Å². The minimum absolute atomic E-state index is 0.0764. The molecule has 2 aliphatic heterocycles. The van der Waals surface area contributed by atoms with E-state index in [9.17, 15) is 0 Å². The average molecular weight is 939 g/mol. The smallest absolute Gasteiger partial charge is 0.111 e. The molecule has 0 aromatic heterocycles. The third-order valence-electron chi connectivity index (χ3n) is 14.8. The summed E-state index contributed by atoms with van der Waals surface area (Å²) in [7, 11) is 0. The Morgan fingerprint density at radius 2 is 1.39 bits per heavy atom. The SMILES string of the molecule is C=C1S/C(C)=C(/N(c2cc(C)cc(N3c4cccc(c4)CC4C=C(CCC4)N(c4ccccc4)c4ccc(C)c3c4)c2CC)c2cccc3c2CCC3(C)C)SN(c2ccccc2)c2ccccc21. The van der Waals surface area contributed by atoms with E-state index in [-0.39, 0.29) is 5.41 Å². The molecular weight excluding hydrogens is 877 g/mol. The maximum atomic E-state index is 4.75. The summed E-state index contributed by atoms with van der Waals surface area (Å²) in [5.74, 6) is 0.463. The van der Waals surface area contributed by atoms with Crippen LogP contribution in [0.5, 0.6) is 0 Å². The Labute approximate surface area is 419 Å². The fourth-order valence-corrected chi connectivity index (χ4v) is 13.5. The molecule has 6 heteroatoms. The van der Waals surface area contributed by atoms with E-state index >= 15 is 0 Å². The van der Waals surface area contributed by atoms with Crippen LogP contribution in [0, 0.1) is 19.8 Å². The summed E-state index contributed by atoms with van der Waals surface area (Å²) in [5, 5.41) is 1.18. The number of hydrogen-bond acceptors (Lipinski definition) is 6. The molecule has 69 heavy (non-hydrogen) atoms. The summed E-state index contributed by atoms with van der Waals surface area (Å²) in [4.78, 5) is 10.0. The molecule has 0 saturated carbocycles. The van der Waals surface area contributed by atoms with Gasteiger partial charge in [0.05, 0.1) is 34.1 Å². The van der Waals surface area contributed by atoms with Crippen LogP contribution in [0.3, 0.4) is 0 Å². The zero-order valence-corrected chi connectivity index (χ0v) is 42.6. The van der Waals surface area contributed by atoms with E-state index in [1.54, 1.807) is 11.8 Å². The number of para-hydroxylation sites is 3. The highest BCUT2D eigenvalue weighted by Crippen LogP contribution is 2.55. The Morgan fingerprint density at radius 3 is 2.19 bits per heavy atom. The third kappa shape index (κ3) is 8.40. The number of thioether (sulfide) groups is 1. The number of aryl methyl sites for hydroxylation is 2. The zero-order chi connectivity index (χ0) is 47.4. The van der Waals surface area contributed by atoms with Crippen molar-refractivity contribution in [1.82, 2.24) is 0 Å². The monoisotopic (exact) mass is 938 g/mol. The highest BCUT2D eigenvalue weighted by Gasteiger charge is 2.37. The lowest BCUT2D eigenvalue weighted by atomic mass is 9.86. The average Bonchev–Trinajstić information content (AvgIpc) is 3.68. The van der Waals surface area contributed by atoms with Gasteiger partial charge in [0.2, 0.25) is 0 Å². The minimum atomic E-state index is 0.0764. The minimum Gasteiger partial charge on any atom is -0.314 e. The number of hydrogen-bond donors (Lipinski definition) is 0. The summed E-state index contributed by atoms with van der Waals surface area (Å²) in [6.45, 7) is 18.8. The Morgan fingerprint density at radius 1 is 0.667 bits per heavy atom. The second kappa shape index (κ2) is 18.5. The largest absolute Gasteiger partial charge is 0.314 e. The normalized spacial score (nSPS) is 18.6. The zero-order valence-electron chi connectivity index (χ0n) is 40.9. The van der Waals surface area contributed by atoms with E-state index in [4.69, 9.17) is 6.58 Å². The van der Waals surface area contributed by atoms with Crippen LogP contribution >= 0.6 is 23.7 Å². The lowest BCUT2D eigenvalue weighted by Crippen LogP contribution is -2.25. The maximum Gasteiger partial charge on any atom is 0.111 e. The lowest BCUT2D eigenvalue weighted by molar-refractivity contribution is 0.522. The first kappa shape index (κ1) is 45.1. The summed E-state index contributed by atoms with van der Waals surface area (Å²) in [6, 6.07) is 59.2. The van der Waals surface area contributed by atoms with Gasteiger partial charge in [0.15, 0.2) is 0 Å². The highest BCUT2D eigenvalue weighted by atomic mass is 32.2. The van der Waals surface area contributed by atoms with E-state index in [1.807, 2.05) is 11.9 Å². The Balaban J connectivity index is 1.18. The number of allylic oxidation sites excluding steroid dienone is 3. The molecule has 0 spiro atoms. The van der Waals surface area contributed by atoms with Gasteiger partial charge in [-0.05, 0) is 183 Å². The van der Waals surface area contributed by atoms with Gasteiger partial charge in [-0.2, -0.15) is 0 Å². The summed E-state index contributed by atoms with van der Waals surface area (Å²) < 4.78 is 2.43. The van der Waals surface area contributed by atoms with Crippen LogP contribution < -0.4 is 19.0 Å². The Bertz CT molecular complexity index is 3170. The van der Waals surface area contributed by atoms with Crippen molar-refractivity contribution in [2.75, 3.05) is 19.0 Å². The number of rotatable bonds is 7. The van der Waals surface area contributed by atoms with Crippen molar-refractivity contribution < 1.29 is 0 Å². The van der Waals surface area contributed by atoms with Crippen LogP contribution in [0.4, 0.5) is 51.2 Å². The molecule has 1 unspecified atom stereocenters. The molecule has 0 saturated heterocycles. The molecule has 2 aliphatic carbocycles. The van der Waals surface area contributed by atoms with E-state index in [0.29, 0.717) is 5.92 Å². The predicted octanol–water partition coefficient (Wildman–Crippen LogP) is 18.5. The van der Waals surface area contributed by atoms with Crippen LogP contribution in [0.2, 0.25) is 0 Å². The van der Waals surface area contributed by atoms with Gasteiger partial charge in [-0.3, -0.25) is 4.31 Å². The molecule has 346 valence electrons. The molecule has 6 bridgehead atoms. The number of fused-ring (bicyclic) bond motifs is 7. The molecule has 2 heterocycles. The highest BCUT2D eigenvalue weighted by molar-refractivity contribution is 8.13. The van der Waals surface area contributed by atoms with Gasteiger partial charge in [0.1, 0.15) is 5.03 Å². The van der Waals surface area contributed by atoms with Crippen molar-refractivity contribution in [3.05, 3.63) is 225 Å². The van der Waals surface area contributed by atoms with Crippen LogP contribution in [-0.2, 0) is 24.7 Å². The quantitative estimate of drug-likeness (QED) is 0.147. The van der Waals surface area contributed by atoms with Crippen molar-refractivity contribution in [2.45, 2.75) is 91.9 Å². The van der Waals surface area contributed by atoms with Crippen molar-refractivity contribution in [3.63, 3.8) is 0 Å². The molecule has 1 atom stereocenters. The standard InChI is InChI=1S/C63H62N4S2/c1-8-53-60(65-51-27-18-21-47(40-51)38-46-20-17-26-50(39-46)64(48-22-11-9-12-23-48)52-33-32-43(3)59(65)41-52)36-42(2)37-61(53)66(57-31-19-29-56-55(57)34-35-63(56,6)7)62-45(5)68-44(4)54-28-15-16-30-58(54)67(69-62)49-24-13-10-14-25-49/h9-16,18-19,21-25,27-33,36-37,39-41,46H,4,8,17,20,26,34-35,38H2,1-3,5-7H3/b62-45-. The van der Waals surface area contributed by atoms with Gasteiger partial charge in [0.25, 0.3) is 0 Å². The molecule has 0 amide bonds. The summed E-state index contributed by atoms with van der Waals surface area (Å²) in [6.07, 6.45) is 10.00. The topological polar surface area (TPSA) is 13.0 Å². The first-order valence-corrected chi connectivity index (χ1v) is 26.5. The van der Waals surface area contributed by atoms with Gasteiger partial charge < -0.3 is 14.7 Å². The number of benzene rings is 7. The van der Waals surface area contributed by atoms with E-state index < -0.39 is 0 Å². The van der Waals surface area contributed by atoms with Crippen molar-refractivity contribution in [2.24, 2.45) is 5.92 Å². The lowest BCUT2D eigenvalue weighted by Gasteiger charge is -2.39. The van der Waals surface area contributed by atoms with Crippen LogP contribution in [0.15, 0.2) is 186 Å². The van der Waals surface area contributed by atoms with Crippen LogP contribution in [0.25, 0.3) is 4.91 Å². The van der Waals surface area contributed by atoms with Crippen LogP contribution in [0.1, 0.15) is 92.3 Å².